The first-order chi connectivity index (χ1) is 7.33. The van der Waals surface area contributed by atoms with Gasteiger partial charge in [0.2, 0.25) is 5.91 Å². The molecular formula is C12H12N2O. The monoisotopic (exact) mass is 200 g/mol. The lowest BCUT2D eigenvalue weighted by molar-refractivity contribution is -0.119. The molecule has 1 saturated heterocycles. The van der Waals surface area contributed by atoms with Gasteiger partial charge in [0.25, 0.3) is 0 Å². The van der Waals surface area contributed by atoms with Gasteiger partial charge in [-0.2, -0.15) is 0 Å². The highest BCUT2D eigenvalue weighted by Crippen LogP contribution is 2.26. The Balaban J connectivity index is 2.00. The van der Waals surface area contributed by atoms with E-state index in [2.05, 4.69) is 28.5 Å². The predicted molar refractivity (Wildman–Crippen MR) is 58.4 cm³/mol. The van der Waals surface area contributed by atoms with Gasteiger partial charge in [-0.05, 0) is 29.5 Å². The summed E-state index contributed by atoms with van der Waals surface area (Å²) in [5.41, 5.74) is 2.32. The molecule has 2 N–H and O–H groups in total. The molecule has 1 aromatic carbocycles. The first kappa shape index (κ1) is 8.53. The molecule has 0 spiro atoms. The van der Waals surface area contributed by atoms with E-state index >= 15 is 0 Å². The van der Waals surface area contributed by atoms with Crippen molar-refractivity contribution in [2.45, 2.75) is 18.9 Å². The van der Waals surface area contributed by atoms with E-state index in [1.807, 2.05) is 12.3 Å². The fraction of sp³-hybridized carbons (Fsp3) is 0.250. The van der Waals surface area contributed by atoms with E-state index in [1.165, 1.54) is 10.9 Å². The van der Waals surface area contributed by atoms with E-state index in [-0.39, 0.29) is 11.9 Å². The number of carbonyl (C=O) groups excluding carboxylic acids is 1. The fourth-order valence-electron chi connectivity index (χ4n) is 2.15. The summed E-state index contributed by atoms with van der Waals surface area (Å²) in [4.78, 5) is 14.3. The zero-order valence-electron chi connectivity index (χ0n) is 8.29. The molecule has 1 aliphatic heterocycles. The predicted octanol–water partition coefficient (Wildman–Crippen LogP) is 2.12. The summed E-state index contributed by atoms with van der Waals surface area (Å²) in [5, 5.41) is 4.19. The van der Waals surface area contributed by atoms with Crippen LogP contribution < -0.4 is 5.32 Å². The van der Waals surface area contributed by atoms with Crippen LogP contribution in [-0.4, -0.2) is 10.9 Å². The summed E-state index contributed by atoms with van der Waals surface area (Å²) >= 11 is 0. The number of carbonyl (C=O) groups is 1. The van der Waals surface area contributed by atoms with Gasteiger partial charge in [0.1, 0.15) is 0 Å². The second-order valence-corrected chi connectivity index (χ2v) is 3.98. The van der Waals surface area contributed by atoms with E-state index in [1.54, 1.807) is 0 Å². The lowest BCUT2D eigenvalue weighted by Gasteiger charge is -2.09. The molecule has 2 aromatic rings. The summed E-state index contributed by atoms with van der Waals surface area (Å²) < 4.78 is 0. The average molecular weight is 200 g/mol. The zero-order valence-corrected chi connectivity index (χ0v) is 8.29. The van der Waals surface area contributed by atoms with Gasteiger partial charge in [-0.3, -0.25) is 4.79 Å². The van der Waals surface area contributed by atoms with E-state index in [4.69, 9.17) is 0 Å². The number of rotatable bonds is 1. The lowest BCUT2D eigenvalue weighted by atomic mass is 10.0. The van der Waals surface area contributed by atoms with E-state index < -0.39 is 0 Å². The number of nitrogens with one attached hydrogen (secondary N) is 2. The van der Waals surface area contributed by atoms with Crippen LogP contribution in [0.5, 0.6) is 0 Å². The van der Waals surface area contributed by atoms with Gasteiger partial charge in [-0.25, -0.2) is 0 Å². The SMILES string of the molecule is O=C1CCC(c2ccc3cc[nH]c3c2)N1. The molecule has 3 heteroatoms. The summed E-state index contributed by atoms with van der Waals surface area (Å²) in [6.07, 6.45) is 3.49. The molecule has 0 saturated carbocycles. The topological polar surface area (TPSA) is 44.9 Å². The van der Waals surface area contributed by atoms with Crippen LogP contribution in [0.1, 0.15) is 24.4 Å². The Morgan fingerprint density at radius 1 is 1.27 bits per heavy atom. The van der Waals surface area contributed by atoms with Crippen LogP contribution in [0.2, 0.25) is 0 Å². The molecule has 1 atom stereocenters. The maximum atomic E-state index is 11.1. The first-order valence-corrected chi connectivity index (χ1v) is 5.19. The van der Waals surface area contributed by atoms with Crippen molar-refractivity contribution in [3.8, 4) is 0 Å². The number of amides is 1. The third kappa shape index (κ3) is 1.40. The summed E-state index contributed by atoms with van der Waals surface area (Å²) in [6, 6.07) is 8.54. The van der Waals surface area contributed by atoms with Gasteiger partial charge < -0.3 is 10.3 Å². The Morgan fingerprint density at radius 2 is 2.20 bits per heavy atom. The zero-order chi connectivity index (χ0) is 10.3. The smallest absolute Gasteiger partial charge is 0.220 e. The third-order valence-electron chi connectivity index (χ3n) is 2.98. The van der Waals surface area contributed by atoms with Gasteiger partial charge in [-0.1, -0.05) is 12.1 Å². The molecule has 76 valence electrons. The molecule has 0 radical (unpaired) electrons. The molecule has 3 rings (SSSR count). The minimum absolute atomic E-state index is 0.159. The van der Waals surface area contributed by atoms with Gasteiger partial charge in [0.05, 0.1) is 6.04 Å². The number of benzene rings is 1. The number of fused-ring (bicyclic) bond motifs is 1. The Kier molecular flexibility index (Phi) is 1.78. The minimum Gasteiger partial charge on any atom is -0.361 e. The van der Waals surface area contributed by atoms with E-state index in [9.17, 15) is 4.79 Å². The van der Waals surface area contributed by atoms with Crippen molar-refractivity contribution in [3.63, 3.8) is 0 Å². The van der Waals surface area contributed by atoms with Crippen LogP contribution in [0.15, 0.2) is 30.5 Å². The third-order valence-corrected chi connectivity index (χ3v) is 2.98. The molecule has 15 heavy (non-hydrogen) atoms. The van der Waals surface area contributed by atoms with Crippen molar-refractivity contribution in [2.75, 3.05) is 0 Å². The highest BCUT2D eigenvalue weighted by molar-refractivity contribution is 5.81. The fourth-order valence-corrected chi connectivity index (χ4v) is 2.15. The van der Waals surface area contributed by atoms with Crippen LogP contribution in [-0.2, 0) is 4.79 Å². The van der Waals surface area contributed by atoms with Gasteiger partial charge in [0, 0.05) is 18.1 Å². The maximum absolute atomic E-state index is 11.1. The molecule has 1 aliphatic rings. The van der Waals surface area contributed by atoms with Crippen LogP contribution in [0, 0.1) is 0 Å². The second-order valence-electron chi connectivity index (χ2n) is 3.98. The van der Waals surface area contributed by atoms with Crippen molar-refractivity contribution in [1.29, 1.82) is 0 Å². The Morgan fingerprint density at radius 3 is 3.00 bits per heavy atom. The van der Waals surface area contributed by atoms with Crippen LogP contribution >= 0.6 is 0 Å². The van der Waals surface area contributed by atoms with Crippen molar-refractivity contribution in [2.24, 2.45) is 0 Å². The molecule has 0 bridgehead atoms. The Bertz CT molecular complexity index is 515. The molecule has 1 aromatic heterocycles. The molecule has 3 nitrogen and oxygen atoms in total. The largest absolute Gasteiger partial charge is 0.361 e. The molecule has 2 heterocycles. The minimum atomic E-state index is 0.159. The van der Waals surface area contributed by atoms with Gasteiger partial charge >= 0.3 is 0 Å². The van der Waals surface area contributed by atoms with Crippen molar-refractivity contribution < 1.29 is 4.79 Å². The number of hydrogen-bond acceptors (Lipinski definition) is 1. The quantitative estimate of drug-likeness (QED) is 0.727. The second kappa shape index (κ2) is 3.12. The first-order valence-electron chi connectivity index (χ1n) is 5.19. The Labute approximate surface area is 87.5 Å². The van der Waals surface area contributed by atoms with Gasteiger partial charge in [-0.15, -0.1) is 0 Å². The number of aromatic nitrogens is 1. The van der Waals surface area contributed by atoms with Gasteiger partial charge in [0.15, 0.2) is 0 Å². The van der Waals surface area contributed by atoms with Crippen LogP contribution in [0.3, 0.4) is 0 Å². The number of aromatic amines is 1. The summed E-state index contributed by atoms with van der Waals surface area (Å²) in [6.45, 7) is 0. The van der Waals surface area contributed by atoms with Crippen LogP contribution in [0.25, 0.3) is 10.9 Å². The van der Waals surface area contributed by atoms with Crippen LogP contribution in [0.4, 0.5) is 0 Å². The van der Waals surface area contributed by atoms with E-state index in [0.717, 1.165) is 11.9 Å². The normalized spacial score (nSPS) is 20.8. The van der Waals surface area contributed by atoms with Crippen molar-refractivity contribution in [3.05, 3.63) is 36.0 Å². The highest BCUT2D eigenvalue weighted by atomic mass is 16.1. The highest BCUT2D eigenvalue weighted by Gasteiger charge is 2.22. The molecule has 1 unspecified atom stereocenters. The standard InChI is InChI=1S/C12H12N2O/c15-12-4-3-10(14-12)9-2-1-8-5-6-13-11(8)7-9/h1-2,5-7,10,13H,3-4H2,(H,14,15). The molecule has 1 amide bonds. The van der Waals surface area contributed by atoms with Crippen molar-refractivity contribution >= 4 is 16.8 Å². The summed E-state index contributed by atoms with van der Waals surface area (Å²) in [7, 11) is 0. The van der Waals surface area contributed by atoms with Crippen molar-refractivity contribution in [1.82, 2.24) is 10.3 Å². The van der Waals surface area contributed by atoms with E-state index in [0.29, 0.717) is 6.42 Å². The lowest BCUT2D eigenvalue weighted by Crippen LogP contribution is -2.18. The molecule has 1 fully saturated rings. The molecule has 0 aliphatic carbocycles. The Hall–Kier alpha value is -1.77. The maximum Gasteiger partial charge on any atom is 0.220 e. The average Bonchev–Trinajstić information content (AvgIpc) is 2.84. The molecular weight excluding hydrogens is 188 g/mol. The number of hydrogen-bond donors (Lipinski definition) is 2. The summed E-state index contributed by atoms with van der Waals surface area (Å²) in [5.74, 6) is 0.159. The number of H-pyrrole nitrogens is 1.